The average Bonchev–Trinajstić information content (AvgIpc) is 2.72. The van der Waals surface area contributed by atoms with Gasteiger partial charge in [0.1, 0.15) is 5.69 Å². The van der Waals surface area contributed by atoms with E-state index in [1.54, 1.807) is 37.3 Å². The maximum Gasteiger partial charge on any atom is 0.433 e. The first kappa shape index (κ1) is 20.9. The van der Waals surface area contributed by atoms with Crippen LogP contribution < -0.4 is 5.32 Å². The zero-order chi connectivity index (χ0) is 20.9. The van der Waals surface area contributed by atoms with Crippen LogP contribution in [0.15, 0.2) is 71.9 Å². The summed E-state index contributed by atoms with van der Waals surface area (Å²) in [6, 6.07) is 18.8. The van der Waals surface area contributed by atoms with E-state index in [1.807, 2.05) is 30.3 Å². The molecule has 0 unspecified atom stereocenters. The minimum atomic E-state index is -4.61. The molecule has 4 nitrogen and oxygen atoms in total. The van der Waals surface area contributed by atoms with E-state index in [1.165, 1.54) is 0 Å². The molecule has 0 aliphatic rings. The average molecular weight is 417 g/mol. The van der Waals surface area contributed by atoms with E-state index >= 15 is 0 Å². The molecule has 29 heavy (non-hydrogen) atoms. The SMILES string of the molecule is C[C@H](Sc1nc(-c2ccccc2)cc(C(F)(F)F)n1)C(=O)NCc1ccccc1. The summed E-state index contributed by atoms with van der Waals surface area (Å²) in [4.78, 5) is 20.2. The van der Waals surface area contributed by atoms with E-state index in [-0.39, 0.29) is 16.8 Å². The molecule has 2 aromatic carbocycles. The Balaban J connectivity index is 1.77. The highest BCUT2D eigenvalue weighted by Crippen LogP contribution is 2.32. The summed E-state index contributed by atoms with van der Waals surface area (Å²) in [5.74, 6) is -0.305. The number of benzene rings is 2. The third kappa shape index (κ3) is 5.80. The molecule has 1 atom stereocenters. The second-order valence-electron chi connectivity index (χ2n) is 6.25. The Morgan fingerprint density at radius 1 is 1.03 bits per heavy atom. The van der Waals surface area contributed by atoms with Crippen LogP contribution in [0.3, 0.4) is 0 Å². The van der Waals surface area contributed by atoms with Crippen molar-refractivity contribution >= 4 is 17.7 Å². The van der Waals surface area contributed by atoms with Gasteiger partial charge in [0.15, 0.2) is 5.16 Å². The number of carbonyl (C=O) groups excluding carboxylic acids is 1. The molecule has 0 spiro atoms. The molecule has 1 amide bonds. The number of nitrogens with zero attached hydrogens (tertiary/aromatic N) is 2. The molecule has 3 rings (SSSR count). The van der Waals surface area contributed by atoms with Crippen molar-refractivity contribution in [2.24, 2.45) is 0 Å². The predicted molar refractivity (Wildman–Crippen MR) is 106 cm³/mol. The number of halogens is 3. The van der Waals surface area contributed by atoms with Crippen LogP contribution in [-0.2, 0) is 17.5 Å². The van der Waals surface area contributed by atoms with E-state index in [0.29, 0.717) is 12.1 Å². The van der Waals surface area contributed by atoms with Gasteiger partial charge in [0.2, 0.25) is 5.91 Å². The number of carbonyl (C=O) groups is 1. The first-order valence-corrected chi connectivity index (χ1v) is 9.71. The Bertz CT molecular complexity index is 966. The van der Waals surface area contributed by atoms with E-state index in [2.05, 4.69) is 15.3 Å². The molecule has 1 N–H and O–H groups in total. The van der Waals surface area contributed by atoms with Gasteiger partial charge in [-0.05, 0) is 18.6 Å². The first-order valence-electron chi connectivity index (χ1n) is 8.83. The number of rotatable bonds is 6. The van der Waals surface area contributed by atoms with Crippen molar-refractivity contribution in [2.45, 2.75) is 30.1 Å². The molecule has 0 saturated carbocycles. The van der Waals surface area contributed by atoms with Gasteiger partial charge in [-0.1, -0.05) is 72.4 Å². The summed E-state index contributed by atoms with van der Waals surface area (Å²) in [5, 5.41) is 2.02. The van der Waals surface area contributed by atoms with Crippen molar-refractivity contribution in [3.8, 4) is 11.3 Å². The van der Waals surface area contributed by atoms with Crippen molar-refractivity contribution in [1.29, 1.82) is 0 Å². The lowest BCUT2D eigenvalue weighted by Gasteiger charge is -2.14. The summed E-state index contributed by atoms with van der Waals surface area (Å²) in [6.07, 6.45) is -4.61. The molecule has 0 aliphatic carbocycles. The molecule has 0 fully saturated rings. The van der Waals surface area contributed by atoms with Crippen LogP contribution in [0.25, 0.3) is 11.3 Å². The van der Waals surface area contributed by atoms with Gasteiger partial charge in [0.25, 0.3) is 0 Å². The van der Waals surface area contributed by atoms with Crippen LogP contribution in [0.4, 0.5) is 13.2 Å². The molecular formula is C21H18F3N3OS. The van der Waals surface area contributed by atoms with E-state index < -0.39 is 17.1 Å². The Morgan fingerprint density at radius 3 is 2.28 bits per heavy atom. The van der Waals surface area contributed by atoms with Gasteiger partial charge in [0.05, 0.1) is 10.9 Å². The second kappa shape index (κ2) is 9.09. The molecular weight excluding hydrogens is 399 g/mol. The third-order valence-electron chi connectivity index (χ3n) is 4.03. The minimum absolute atomic E-state index is 0.0963. The molecule has 1 heterocycles. The molecule has 0 saturated heterocycles. The summed E-state index contributed by atoms with van der Waals surface area (Å²) in [7, 11) is 0. The van der Waals surface area contributed by atoms with Crippen molar-refractivity contribution in [2.75, 3.05) is 0 Å². The molecule has 1 aromatic heterocycles. The zero-order valence-electron chi connectivity index (χ0n) is 15.5. The molecule has 8 heteroatoms. The van der Waals surface area contributed by atoms with Crippen molar-refractivity contribution in [3.05, 3.63) is 78.0 Å². The molecule has 0 bridgehead atoms. The number of thioether (sulfide) groups is 1. The molecule has 3 aromatic rings. The summed E-state index contributed by atoms with van der Waals surface area (Å²) < 4.78 is 39.9. The van der Waals surface area contributed by atoms with Gasteiger partial charge in [-0.3, -0.25) is 4.79 Å². The predicted octanol–water partition coefficient (Wildman–Crippen LogP) is 4.96. The van der Waals surface area contributed by atoms with Crippen molar-refractivity contribution in [3.63, 3.8) is 0 Å². The normalized spacial score (nSPS) is 12.4. The third-order valence-corrected chi connectivity index (χ3v) is 4.99. The monoisotopic (exact) mass is 417 g/mol. The van der Waals surface area contributed by atoms with Crippen LogP contribution in [0, 0.1) is 0 Å². The molecule has 0 aliphatic heterocycles. The minimum Gasteiger partial charge on any atom is -0.351 e. The summed E-state index contributed by atoms with van der Waals surface area (Å²) in [5.41, 5.74) is 0.598. The Hall–Kier alpha value is -2.87. The smallest absolute Gasteiger partial charge is 0.351 e. The largest absolute Gasteiger partial charge is 0.433 e. The fourth-order valence-corrected chi connectivity index (χ4v) is 3.33. The second-order valence-corrected chi connectivity index (χ2v) is 7.56. The lowest BCUT2D eigenvalue weighted by molar-refractivity contribution is -0.141. The van der Waals surface area contributed by atoms with Crippen LogP contribution in [0.1, 0.15) is 18.2 Å². The Labute approximate surface area is 170 Å². The number of hydrogen-bond donors (Lipinski definition) is 1. The number of alkyl halides is 3. The highest BCUT2D eigenvalue weighted by atomic mass is 32.2. The van der Waals surface area contributed by atoms with Gasteiger partial charge in [-0.15, -0.1) is 0 Å². The van der Waals surface area contributed by atoms with Crippen molar-refractivity contribution in [1.82, 2.24) is 15.3 Å². The van der Waals surface area contributed by atoms with Gasteiger partial charge in [-0.2, -0.15) is 13.2 Å². The summed E-state index contributed by atoms with van der Waals surface area (Å²) in [6.45, 7) is 1.94. The number of amides is 1. The first-order chi connectivity index (χ1) is 13.8. The Morgan fingerprint density at radius 2 is 1.66 bits per heavy atom. The number of hydrogen-bond acceptors (Lipinski definition) is 4. The van der Waals surface area contributed by atoms with Crippen LogP contribution in [-0.4, -0.2) is 21.1 Å². The fourth-order valence-electron chi connectivity index (χ4n) is 2.52. The van der Waals surface area contributed by atoms with Gasteiger partial charge < -0.3 is 5.32 Å². The quantitative estimate of drug-likeness (QED) is 0.455. The topological polar surface area (TPSA) is 54.9 Å². The zero-order valence-corrected chi connectivity index (χ0v) is 16.3. The van der Waals surface area contributed by atoms with E-state index in [9.17, 15) is 18.0 Å². The lowest BCUT2D eigenvalue weighted by atomic mass is 10.1. The Kier molecular flexibility index (Phi) is 6.53. The highest BCUT2D eigenvalue weighted by Gasteiger charge is 2.34. The van der Waals surface area contributed by atoms with Crippen LogP contribution in [0.2, 0.25) is 0 Å². The van der Waals surface area contributed by atoms with Gasteiger partial charge in [0, 0.05) is 12.1 Å². The maximum absolute atomic E-state index is 13.3. The van der Waals surface area contributed by atoms with E-state index in [4.69, 9.17) is 0 Å². The lowest BCUT2D eigenvalue weighted by Crippen LogP contribution is -2.30. The maximum atomic E-state index is 13.3. The molecule has 150 valence electrons. The van der Waals surface area contributed by atoms with Gasteiger partial charge >= 0.3 is 6.18 Å². The number of nitrogens with one attached hydrogen (secondary N) is 1. The van der Waals surface area contributed by atoms with E-state index in [0.717, 1.165) is 23.4 Å². The van der Waals surface area contributed by atoms with Crippen LogP contribution in [0.5, 0.6) is 0 Å². The van der Waals surface area contributed by atoms with Gasteiger partial charge in [-0.25, -0.2) is 9.97 Å². The van der Waals surface area contributed by atoms with Crippen molar-refractivity contribution < 1.29 is 18.0 Å². The highest BCUT2D eigenvalue weighted by molar-refractivity contribution is 8.00. The summed E-state index contributed by atoms with van der Waals surface area (Å²) >= 11 is 0.892. The van der Waals surface area contributed by atoms with Crippen LogP contribution >= 0.6 is 11.8 Å². The number of aromatic nitrogens is 2. The fraction of sp³-hybridized carbons (Fsp3) is 0.190. The standard InChI is InChI=1S/C21H18F3N3OS/c1-14(19(28)25-13-15-8-4-2-5-9-15)29-20-26-17(16-10-6-3-7-11-16)12-18(27-20)21(22,23)24/h2-12,14H,13H2,1H3,(H,25,28)/t14-/m0/s1. The molecule has 0 radical (unpaired) electrons.